The summed E-state index contributed by atoms with van der Waals surface area (Å²) >= 11 is 0. The summed E-state index contributed by atoms with van der Waals surface area (Å²) in [5, 5.41) is 12.6. The van der Waals surface area contributed by atoms with E-state index < -0.39 is 17.7 Å². The van der Waals surface area contributed by atoms with Crippen molar-refractivity contribution in [3.8, 4) is 5.75 Å². The molecule has 0 unspecified atom stereocenters. The van der Waals surface area contributed by atoms with Crippen LogP contribution >= 0.6 is 0 Å². The summed E-state index contributed by atoms with van der Waals surface area (Å²) in [6.45, 7) is 5.73. The van der Waals surface area contributed by atoms with Gasteiger partial charge in [-0.2, -0.15) is 0 Å². The van der Waals surface area contributed by atoms with Crippen LogP contribution in [0.5, 0.6) is 5.75 Å². The lowest BCUT2D eigenvalue weighted by Crippen LogP contribution is -2.67. The average molecular weight is 452 g/mol. The maximum atomic E-state index is 14.7. The fraction of sp³-hybridized carbons (Fsp3) is 0.370. The van der Waals surface area contributed by atoms with E-state index in [4.69, 9.17) is 4.74 Å². The third-order valence-electron chi connectivity index (χ3n) is 7.88. The molecule has 3 aliphatic heterocycles. The van der Waals surface area contributed by atoms with Gasteiger partial charge in [0.1, 0.15) is 36.1 Å². The largest absolute Gasteiger partial charge is 0.497 e. The number of fused-ring (bicyclic) bond motifs is 4. The predicted octanol–water partition coefficient (Wildman–Crippen LogP) is 5.17. The molecular formula is C27H29F2N2O2+. The number of benzene rings is 2. The molecule has 4 nitrogen and oxygen atoms in total. The summed E-state index contributed by atoms with van der Waals surface area (Å²) in [7, 11) is 1.61. The third-order valence-corrected chi connectivity index (χ3v) is 7.88. The molecule has 6 heteroatoms. The van der Waals surface area contributed by atoms with Gasteiger partial charge in [0, 0.05) is 30.3 Å². The predicted molar refractivity (Wildman–Crippen MR) is 124 cm³/mol. The van der Waals surface area contributed by atoms with Crippen molar-refractivity contribution < 1.29 is 23.1 Å². The Morgan fingerprint density at radius 3 is 2.76 bits per heavy atom. The number of ether oxygens (including phenoxy) is 1. The minimum atomic E-state index is -0.800. The van der Waals surface area contributed by atoms with Crippen LogP contribution in [-0.2, 0) is 6.54 Å². The van der Waals surface area contributed by atoms with Gasteiger partial charge in [0.25, 0.3) is 0 Å². The Bertz CT molecular complexity index is 1180. The summed E-state index contributed by atoms with van der Waals surface area (Å²) in [5.41, 5.74) is 1.65. The Kier molecular flexibility index (Phi) is 5.67. The van der Waals surface area contributed by atoms with Gasteiger partial charge in [0.05, 0.1) is 31.3 Å². The van der Waals surface area contributed by atoms with Crippen molar-refractivity contribution in [2.24, 2.45) is 11.8 Å². The molecule has 0 saturated carbocycles. The Morgan fingerprint density at radius 1 is 1.24 bits per heavy atom. The highest BCUT2D eigenvalue weighted by Gasteiger charge is 2.54. The molecule has 0 aliphatic carbocycles. The molecule has 5 atom stereocenters. The molecule has 0 amide bonds. The van der Waals surface area contributed by atoms with E-state index in [9.17, 15) is 13.9 Å². The third kappa shape index (κ3) is 3.71. The van der Waals surface area contributed by atoms with Gasteiger partial charge in [-0.05, 0) is 47.9 Å². The van der Waals surface area contributed by atoms with E-state index in [0.717, 1.165) is 42.4 Å². The maximum absolute atomic E-state index is 14.7. The Balaban J connectivity index is 1.59. The lowest BCUT2D eigenvalue weighted by Gasteiger charge is -2.58. The molecular weight excluding hydrogens is 422 g/mol. The average Bonchev–Trinajstić information content (AvgIpc) is 2.85. The molecule has 1 N–H and O–H groups in total. The zero-order chi connectivity index (χ0) is 23.2. The zero-order valence-corrected chi connectivity index (χ0v) is 18.8. The molecule has 6 rings (SSSR count). The molecule has 3 fully saturated rings. The molecule has 2 aromatic carbocycles. The van der Waals surface area contributed by atoms with Crippen LogP contribution in [0.3, 0.4) is 0 Å². The van der Waals surface area contributed by atoms with Crippen molar-refractivity contribution >= 4 is 10.9 Å². The van der Waals surface area contributed by atoms with Gasteiger partial charge in [-0.25, -0.2) is 8.78 Å². The number of hydrogen-bond donors (Lipinski definition) is 1. The zero-order valence-electron chi connectivity index (χ0n) is 18.8. The fourth-order valence-corrected chi connectivity index (χ4v) is 6.12. The second kappa shape index (κ2) is 8.50. The molecule has 2 bridgehead atoms. The number of rotatable bonds is 6. The van der Waals surface area contributed by atoms with Crippen LogP contribution in [0.1, 0.15) is 30.1 Å². The SMILES string of the molecule is C=C[C@H]1C[N@+]2(Cc3c(F)cccc3F)CC[C@H]1C[C@@H]2[C@@H](O)c1ccnc2ccc(OC)cc12. The number of hydrogen-bond acceptors (Lipinski definition) is 3. The standard InChI is InChI=1S/C27H29F2N2O2/c1-3-17-15-31(16-22-23(28)5-4-6-24(22)29)12-10-18(17)13-26(31)27(32)20-9-11-30-25-8-7-19(33-2)14-21(20)25/h3-9,11,14,17-18,26-27,32H,1,10,12-13,15-16H2,2H3/q+1/t17-,18-,26+,27-,31-/m0/s1. The number of aliphatic hydroxyl groups is 1. The van der Waals surface area contributed by atoms with E-state index in [1.54, 1.807) is 13.3 Å². The minimum absolute atomic E-state index is 0.0964. The molecule has 3 aromatic rings. The summed E-state index contributed by atoms with van der Waals surface area (Å²) in [6.07, 6.45) is 4.62. The number of pyridine rings is 1. The second-order valence-corrected chi connectivity index (χ2v) is 9.46. The van der Waals surface area contributed by atoms with Gasteiger partial charge in [-0.15, -0.1) is 6.58 Å². The number of halogens is 2. The van der Waals surface area contributed by atoms with Crippen LogP contribution in [-0.4, -0.2) is 40.8 Å². The topological polar surface area (TPSA) is 42.4 Å². The smallest absolute Gasteiger partial charge is 0.135 e. The molecule has 4 heterocycles. The van der Waals surface area contributed by atoms with Gasteiger partial charge in [-0.3, -0.25) is 4.98 Å². The molecule has 0 spiro atoms. The lowest BCUT2D eigenvalue weighted by molar-refractivity contribution is -0.985. The van der Waals surface area contributed by atoms with Crippen LogP contribution in [0.2, 0.25) is 0 Å². The molecule has 0 radical (unpaired) electrons. The first-order valence-corrected chi connectivity index (χ1v) is 11.5. The summed E-state index contributed by atoms with van der Waals surface area (Å²) in [6, 6.07) is 11.3. The van der Waals surface area contributed by atoms with Crippen LogP contribution in [0, 0.1) is 23.5 Å². The summed E-state index contributed by atoms with van der Waals surface area (Å²) < 4.78 is 35.2. The molecule has 3 aliphatic rings. The molecule has 172 valence electrons. The second-order valence-electron chi connectivity index (χ2n) is 9.46. The molecule has 33 heavy (non-hydrogen) atoms. The highest BCUT2D eigenvalue weighted by atomic mass is 19.1. The van der Waals surface area contributed by atoms with Gasteiger partial charge in [0.15, 0.2) is 0 Å². The Morgan fingerprint density at radius 2 is 2.03 bits per heavy atom. The lowest BCUT2D eigenvalue weighted by atomic mass is 9.71. The molecule has 3 saturated heterocycles. The van der Waals surface area contributed by atoms with Crippen molar-refractivity contribution in [2.75, 3.05) is 20.2 Å². The van der Waals surface area contributed by atoms with E-state index in [1.807, 2.05) is 30.3 Å². The number of nitrogens with zero attached hydrogens (tertiary/aromatic N) is 2. The number of aromatic nitrogens is 1. The van der Waals surface area contributed by atoms with Crippen molar-refractivity contribution in [1.29, 1.82) is 0 Å². The highest BCUT2D eigenvalue weighted by molar-refractivity contribution is 5.83. The summed E-state index contributed by atoms with van der Waals surface area (Å²) in [5.74, 6) is 0.315. The van der Waals surface area contributed by atoms with Crippen molar-refractivity contribution in [3.63, 3.8) is 0 Å². The van der Waals surface area contributed by atoms with Crippen molar-refractivity contribution in [1.82, 2.24) is 4.98 Å². The first kappa shape index (κ1) is 22.0. The van der Waals surface area contributed by atoms with Gasteiger partial charge in [-0.1, -0.05) is 12.1 Å². The number of quaternary nitrogens is 1. The molecule has 1 aromatic heterocycles. The van der Waals surface area contributed by atoms with E-state index in [0.29, 0.717) is 16.2 Å². The number of piperidine rings is 3. The fourth-order valence-electron chi connectivity index (χ4n) is 6.12. The Hall–Kier alpha value is -2.83. The van der Waals surface area contributed by atoms with Crippen LogP contribution in [0.4, 0.5) is 8.78 Å². The van der Waals surface area contributed by atoms with Crippen molar-refractivity contribution in [2.45, 2.75) is 31.5 Å². The van der Waals surface area contributed by atoms with E-state index in [1.165, 1.54) is 18.2 Å². The number of methoxy groups -OCH3 is 1. The van der Waals surface area contributed by atoms with E-state index >= 15 is 0 Å². The highest BCUT2D eigenvalue weighted by Crippen LogP contribution is 2.48. The van der Waals surface area contributed by atoms with Gasteiger partial charge >= 0.3 is 0 Å². The minimum Gasteiger partial charge on any atom is -0.497 e. The summed E-state index contributed by atoms with van der Waals surface area (Å²) in [4.78, 5) is 4.44. The van der Waals surface area contributed by atoms with E-state index in [-0.39, 0.29) is 24.1 Å². The maximum Gasteiger partial charge on any atom is 0.135 e. The van der Waals surface area contributed by atoms with Crippen LogP contribution in [0.15, 0.2) is 61.3 Å². The van der Waals surface area contributed by atoms with Crippen LogP contribution < -0.4 is 4.74 Å². The number of aliphatic hydroxyl groups excluding tert-OH is 1. The Labute approximate surface area is 192 Å². The van der Waals surface area contributed by atoms with Crippen LogP contribution in [0.25, 0.3) is 10.9 Å². The first-order chi connectivity index (χ1) is 16.0. The normalized spacial score (nSPS) is 27.5. The van der Waals surface area contributed by atoms with Gasteiger partial charge < -0.3 is 14.3 Å². The van der Waals surface area contributed by atoms with Gasteiger partial charge in [0.2, 0.25) is 0 Å². The van der Waals surface area contributed by atoms with Crippen molar-refractivity contribution in [3.05, 3.63) is 84.1 Å². The first-order valence-electron chi connectivity index (χ1n) is 11.5. The quantitative estimate of drug-likeness (QED) is 0.416. The monoisotopic (exact) mass is 451 g/mol. The van der Waals surface area contributed by atoms with E-state index in [2.05, 4.69) is 11.6 Å².